The van der Waals surface area contributed by atoms with E-state index in [1.54, 1.807) is 12.1 Å². The van der Waals surface area contributed by atoms with Crippen LogP contribution in [0.25, 0.3) is 0 Å². The fourth-order valence-electron chi connectivity index (χ4n) is 1.66. The van der Waals surface area contributed by atoms with Gasteiger partial charge in [0.15, 0.2) is 0 Å². The maximum absolute atomic E-state index is 9.89. The Kier molecular flexibility index (Phi) is 3.68. The summed E-state index contributed by atoms with van der Waals surface area (Å²) in [7, 11) is -0.757. The Morgan fingerprint density at radius 1 is 0.833 bits per heavy atom. The molecule has 0 heterocycles. The molecule has 0 bridgehead atoms. The zero-order valence-corrected chi connectivity index (χ0v) is 11.8. The molecule has 2 N–H and O–H groups in total. The van der Waals surface area contributed by atoms with Gasteiger partial charge >= 0.3 is 0 Å². The van der Waals surface area contributed by atoms with Crippen LogP contribution >= 0.6 is 0 Å². The highest BCUT2D eigenvalue weighted by Crippen LogP contribution is 2.31. The van der Waals surface area contributed by atoms with Crippen LogP contribution in [-0.2, 0) is 20.6 Å². The van der Waals surface area contributed by atoms with Crippen molar-refractivity contribution in [2.45, 2.75) is 23.6 Å². The molecule has 0 atom stereocenters. The monoisotopic (exact) mass is 278 g/mol. The molecule has 0 aliphatic heterocycles. The molecule has 2 rings (SSSR count). The second kappa shape index (κ2) is 5.08. The minimum atomic E-state index is -0.757. The first kappa shape index (κ1) is 13.1. The van der Waals surface area contributed by atoms with E-state index in [2.05, 4.69) is 0 Å². The minimum absolute atomic E-state index is 0.180. The van der Waals surface area contributed by atoms with E-state index >= 15 is 0 Å². The molecule has 0 radical (unpaired) electrons. The van der Waals surface area contributed by atoms with Gasteiger partial charge in [0.05, 0.1) is 9.79 Å². The highest BCUT2D eigenvalue weighted by molar-refractivity contribution is 8.29. The van der Waals surface area contributed by atoms with Crippen LogP contribution in [0.2, 0.25) is 0 Å². The van der Waals surface area contributed by atoms with E-state index < -0.39 is 9.45 Å². The summed E-state index contributed by atoms with van der Waals surface area (Å²) in [5, 5.41) is 19.8. The van der Waals surface area contributed by atoms with E-state index in [0.29, 0.717) is 9.79 Å². The summed E-state index contributed by atoms with van der Waals surface area (Å²) in [6.07, 6.45) is 0. The van der Waals surface area contributed by atoms with Gasteiger partial charge in [-0.1, -0.05) is 21.6 Å². The average molecular weight is 278 g/mol. The first-order valence-electron chi connectivity index (χ1n) is 5.50. The molecule has 0 aliphatic rings. The number of hydrogen-bond donors (Lipinski definition) is 2. The molecule has 2 aromatic carbocycles. The van der Waals surface area contributed by atoms with Crippen molar-refractivity contribution in [2.75, 3.05) is 0 Å². The second-order valence-corrected chi connectivity index (χ2v) is 6.63. The highest BCUT2D eigenvalue weighted by atomic mass is 32.8. The van der Waals surface area contributed by atoms with Crippen LogP contribution in [0.15, 0.2) is 46.2 Å². The van der Waals surface area contributed by atoms with Crippen molar-refractivity contribution in [3.8, 4) is 11.5 Å². The Labute approximate surface area is 114 Å². The molecule has 0 spiro atoms. The standard InChI is InChI=1S/C14H14O2S2/c1-9-3-5-11(15)13(7-9)18(17)14-8-10(2)4-6-12(14)16/h3-8,15-16H,1-2H3. The Balaban J connectivity index is 2.54. The molecule has 0 aliphatic carbocycles. The van der Waals surface area contributed by atoms with Crippen LogP contribution in [0.1, 0.15) is 11.1 Å². The molecule has 0 amide bonds. The van der Waals surface area contributed by atoms with Crippen LogP contribution in [0.5, 0.6) is 11.5 Å². The summed E-state index contributed by atoms with van der Waals surface area (Å²) < 4.78 is 0. The van der Waals surface area contributed by atoms with E-state index in [9.17, 15) is 10.2 Å². The molecule has 0 aromatic heterocycles. The lowest BCUT2D eigenvalue weighted by Gasteiger charge is -2.11. The van der Waals surface area contributed by atoms with Crippen molar-refractivity contribution in [1.29, 1.82) is 0 Å². The van der Waals surface area contributed by atoms with E-state index in [4.69, 9.17) is 11.2 Å². The molecule has 94 valence electrons. The van der Waals surface area contributed by atoms with E-state index in [-0.39, 0.29) is 11.5 Å². The maximum Gasteiger partial charge on any atom is 0.129 e. The lowest BCUT2D eigenvalue weighted by atomic mass is 10.2. The Morgan fingerprint density at radius 2 is 1.22 bits per heavy atom. The summed E-state index contributed by atoms with van der Waals surface area (Å²) in [4.78, 5) is 1.37. The number of rotatable bonds is 2. The predicted octanol–water partition coefficient (Wildman–Crippen LogP) is 3.21. The minimum Gasteiger partial charge on any atom is -0.507 e. The quantitative estimate of drug-likeness (QED) is 0.886. The summed E-state index contributed by atoms with van der Waals surface area (Å²) in [6, 6.07) is 10.7. The van der Waals surface area contributed by atoms with E-state index in [1.807, 2.05) is 38.1 Å². The smallest absolute Gasteiger partial charge is 0.129 e. The molecule has 0 saturated carbocycles. The third-order valence-corrected chi connectivity index (χ3v) is 5.16. The number of phenols is 2. The van der Waals surface area contributed by atoms with Crippen LogP contribution in [-0.4, -0.2) is 10.2 Å². The number of aromatic hydroxyl groups is 2. The number of aryl methyl sites for hydroxylation is 2. The van der Waals surface area contributed by atoms with Gasteiger partial charge in [0, 0.05) is 0 Å². The molecule has 2 nitrogen and oxygen atoms in total. The van der Waals surface area contributed by atoms with Gasteiger partial charge in [-0.15, -0.1) is 0 Å². The fourth-order valence-corrected chi connectivity index (χ4v) is 3.80. The fraction of sp³-hybridized carbons (Fsp3) is 0.143. The van der Waals surface area contributed by atoms with Crippen molar-refractivity contribution in [1.82, 2.24) is 0 Å². The Bertz CT molecular complexity index is 568. The summed E-state index contributed by atoms with van der Waals surface area (Å²) in [6.45, 7) is 3.90. The Morgan fingerprint density at radius 3 is 1.61 bits per heavy atom. The van der Waals surface area contributed by atoms with Gasteiger partial charge in [-0.05, 0) is 60.4 Å². The van der Waals surface area contributed by atoms with Crippen molar-refractivity contribution < 1.29 is 10.2 Å². The zero-order valence-electron chi connectivity index (χ0n) is 10.2. The molecule has 0 saturated heterocycles. The van der Waals surface area contributed by atoms with Gasteiger partial charge in [-0.25, -0.2) is 0 Å². The van der Waals surface area contributed by atoms with Crippen molar-refractivity contribution in [3.05, 3.63) is 47.5 Å². The van der Waals surface area contributed by atoms with Gasteiger partial charge in [-0.2, -0.15) is 0 Å². The lowest BCUT2D eigenvalue weighted by Crippen LogP contribution is -1.94. The third-order valence-electron chi connectivity index (χ3n) is 2.63. The van der Waals surface area contributed by atoms with Crippen molar-refractivity contribution >= 4 is 20.6 Å². The van der Waals surface area contributed by atoms with Gasteiger partial charge in [-0.3, -0.25) is 0 Å². The summed E-state index contributed by atoms with van der Waals surface area (Å²) in [5.74, 6) is 0.361. The van der Waals surface area contributed by atoms with Crippen LogP contribution in [0.3, 0.4) is 0 Å². The SMILES string of the molecule is Cc1ccc(O)c(S(=S)c2cc(C)ccc2O)c1. The molecule has 0 unspecified atom stereocenters. The van der Waals surface area contributed by atoms with E-state index in [1.165, 1.54) is 0 Å². The first-order valence-corrected chi connectivity index (χ1v) is 7.65. The van der Waals surface area contributed by atoms with Crippen LogP contribution in [0, 0.1) is 13.8 Å². The largest absolute Gasteiger partial charge is 0.507 e. The van der Waals surface area contributed by atoms with Crippen molar-refractivity contribution in [2.24, 2.45) is 0 Å². The molecular weight excluding hydrogens is 264 g/mol. The highest BCUT2D eigenvalue weighted by Gasteiger charge is 2.12. The molecule has 18 heavy (non-hydrogen) atoms. The summed E-state index contributed by atoms with van der Waals surface area (Å²) in [5.41, 5.74) is 2.08. The first-order chi connectivity index (χ1) is 8.49. The molecular formula is C14H14O2S2. The number of phenolic OH excluding ortho intramolecular Hbond substituents is 2. The van der Waals surface area contributed by atoms with Crippen molar-refractivity contribution in [3.63, 3.8) is 0 Å². The van der Waals surface area contributed by atoms with Gasteiger partial charge in [0.1, 0.15) is 11.5 Å². The third kappa shape index (κ3) is 2.54. The molecule has 2 aromatic rings. The summed E-state index contributed by atoms with van der Waals surface area (Å²) >= 11 is 5.47. The molecule has 0 fully saturated rings. The Hall–Kier alpha value is -1.39. The number of benzene rings is 2. The topological polar surface area (TPSA) is 40.5 Å². The normalized spacial score (nSPS) is 10.8. The number of hydrogen-bond acceptors (Lipinski definition) is 3. The van der Waals surface area contributed by atoms with Gasteiger partial charge in [0.25, 0.3) is 0 Å². The second-order valence-electron chi connectivity index (χ2n) is 4.21. The lowest BCUT2D eigenvalue weighted by molar-refractivity contribution is 0.459. The average Bonchev–Trinajstić information content (AvgIpc) is 2.34. The predicted molar refractivity (Wildman–Crippen MR) is 76.9 cm³/mol. The van der Waals surface area contributed by atoms with Crippen LogP contribution in [0.4, 0.5) is 0 Å². The van der Waals surface area contributed by atoms with Gasteiger partial charge in [0.2, 0.25) is 0 Å². The van der Waals surface area contributed by atoms with Gasteiger partial charge < -0.3 is 10.2 Å². The zero-order chi connectivity index (χ0) is 13.3. The maximum atomic E-state index is 9.89. The van der Waals surface area contributed by atoms with E-state index in [0.717, 1.165) is 11.1 Å². The molecule has 4 heteroatoms. The van der Waals surface area contributed by atoms with Crippen LogP contribution < -0.4 is 0 Å².